The number of hydrogen-bond donors (Lipinski definition) is 4. The van der Waals surface area contributed by atoms with Crippen LogP contribution in [-0.4, -0.2) is 47.0 Å². The van der Waals surface area contributed by atoms with Crippen LogP contribution in [0.4, 0.5) is 27.3 Å². The highest BCUT2D eigenvalue weighted by Crippen LogP contribution is 2.41. The van der Waals surface area contributed by atoms with Crippen molar-refractivity contribution in [3.05, 3.63) is 71.0 Å². The highest BCUT2D eigenvalue weighted by atomic mass is 19.1. The first-order chi connectivity index (χ1) is 18.9. The number of rotatable bonds is 6. The molecule has 1 aliphatic heterocycles. The summed E-state index contributed by atoms with van der Waals surface area (Å²) < 4.78 is 15.3. The van der Waals surface area contributed by atoms with E-state index in [-0.39, 0.29) is 22.4 Å². The van der Waals surface area contributed by atoms with Gasteiger partial charge < -0.3 is 25.8 Å². The van der Waals surface area contributed by atoms with E-state index < -0.39 is 5.82 Å². The van der Waals surface area contributed by atoms with Gasteiger partial charge in [0.1, 0.15) is 11.6 Å². The van der Waals surface area contributed by atoms with Crippen LogP contribution in [0.3, 0.4) is 0 Å². The normalized spacial score (nSPS) is 16.5. The zero-order chi connectivity index (χ0) is 27.0. The number of carbonyl (C=O) groups is 1. The maximum Gasteiger partial charge on any atom is 0.259 e. The van der Waals surface area contributed by atoms with E-state index in [0.29, 0.717) is 33.8 Å². The molecule has 4 N–H and O–H groups in total. The van der Waals surface area contributed by atoms with Crippen molar-refractivity contribution in [1.29, 1.82) is 0 Å². The lowest BCUT2D eigenvalue weighted by Gasteiger charge is -2.36. The van der Waals surface area contributed by atoms with Gasteiger partial charge in [0.2, 0.25) is 5.91 Å². The number of amides is 1. The molecule has 200 valence electrons. The first kappa shape index (κ1) is 25.0. The summed E-state index contributed by atoms with van der Waals surface area (Å²) in [6.45, 7) is 5.61. The molecule has 4 aromatic rings. The molecule has 39 heavy (non-hydrogen) atoms. The van der Waals surface area contributed by atoms with E-state index >= 15 is 4.39 Å². The van der Waals surface area contributed by atoms with Gasteiger partial charge in [-0.25, -0.2) is 14.4 Å². The second-order valence-corrected chi connectivity index (χ2v) is 10.4. The molecule has 0 radical (unpaired) electrons. The van der Waals surface area contributed by atoms with Crippen molar-refractivity contribution in [2.75, 3.05) is 41.7 Å². The van der Waals surface area contributed by atoms with E-state index in [9.17, 15) is 9.59 Å². The zero-order valence-corrected chi connectivity index (χ0v) is 21.7. The van der Waals surface area contributed by atoms with Crippen molar-refractivity contribution < 1.29 is 9.18 Å². The molecule has 1 amide bonds. The average molecular weight is 528 g/mol. The Balaban J connectivity index is 1.31. The fourth-order valence-electron chi connectivity index (χ4n) is 5.15. The molecule has 9 nitrogen and oxygen atoms in total. The number of carbonyl (C=O) groups excluding carboxylic acids is 1. The molecule has 1 saturated heterocycles. The van der Waals surface area contributed by atoms with Gasteiger partial charge in [-0.2, -0.15) is 0 Å². The predicted molar refractivity (Wildman–Crippen MR) is 151 cm³/mol. The van der Waals surface area contributed by atoms with Crippen molar-refractivity contribution in [3.63, 3.8) is 0 Å². The van der Waals surface area contributed by atoms with Crippen LogP contribution in [0.5, 0.6) is 0 Å². The van der Waals surface area contributed by atoms with Crippen LogP contribution in [0.15, 0.2) is 59.7 Å². The van der Waals surface area contributed by atoms with E-state index in [1.54, 1.807) is 30.5 Å². The first-order valence-corrected chi connectivity index (χ1v) is 13.2. The predicted octanol–water partition coefficient (Wildman–Crippen LogP) is 4.41. The summed E-state index contributed by atoms with van der Waals surface area (Å²) in [7, 11) is 0. The summed E-state index contributed by atoms with van der Waals surface area (Å²) in [5, 5.41) is 9.77. The molecule has 3 aromatic heterocycles. The number of nitrogens with zero attached hydrogens (tertiary/aromatic N) is 3. The summed E-state index contributed by atoms with van der Waals surface area (Å²) in [5.74, 6) is -0.0581. The Morgan fingerprint density at radius 3 is 2.62 bits per heavy atom. The quantitative estimate of drug-likeness (QED) is 0.294. The average Bonchev–Trinajstić information content (AvgIpc) is 2.92. The highest BCUT2D eigenvalue weighted by molar-refractivity contribution is 5.96. The number of hydrogen-bond acceptors (Lipinski definition) is 7. The van der Waals surface area contributed by atoms with Crippen LogP contribution in [0, 0.1) is 11.2 Å². The number of benzene rings is 1. The molecule has 10 heteroatoms. The summed E-state index contributed by atoms with van der Waals surface area (Å²) in [6.07, 6.45) is 6.02. The zero-order valence-electron chi connectivity index (χ0n) is 21.7. The number of fused-ring (bicyclic) bond motifs is 1. The highest BCUT2D eigenvalue weighted by Gasteiger charge is 2.39. The van der Waals surface area contributed by atoms with Crippen LogP contribution in [-0.2, 0) is 4.79 Å². The van der Waals surface area contributed by atoms with Crippen LogP contribution in [0.2, 0.25) is 0 Å². The van der Waals surface area contributed by atoms with Gasteiger partial charge in [-0.3, -0.25) is 9.59 Å². The number of piperazine rings is 1. The fraction of sp³-hybridized carbons (Fsp3) is 0.310. The van der Waals surface area contributed by atoms with Crippen LogP contribution < -0.4 is 26.4 Å². The molecule has 2 aliphatic rings. The van der Waals surface area contributed by atoms with Crippen molar-refractivity contribution in [3.8, 4) is 11.3 Å². The minimum Gasteiger partial charge on any atom is -0.368 e. The lowest BCUT2D eigenvalue weighted by atomic mass is 9.70. The van der Waals surface area contributed by atoms with Crippen molar-refractivity contribution in [2.45, 2.75) is 26.2 Å². The number of pyridine rings is 3. The molecule has 0 unspecified atom stereocenters. The van der Waals surface area contributed by atoms with Crippen LogP contribution >= 0.6 is 0 Å². The van der Waals surface area contributed by atoms with Gasteiger partial charge in [-0.1, -0.05) is 13.3 Å². The topological polar surface area (TPSA) is 115 Å². The number of halogens is 1. The standard InChI is InChI=1S/C29H30FN7O2/c1-29(8-2-9-29)28(39)34-18-3-5-20(21(30)15-18)23-16-24(26-22(35-23)7-10-32-27(26)38)36-25-6-4-19(17-33-25)37-13-11-31-12-14-37/h3-7,10,15-17,31H,2,8-9,11-14H2,1H3,(H,32,38)(H,34,39)(H,33,35,36). The lowest BCUT2D eigenvalue weighted by molar-refractivity contribution is -0.128. The minimum absolute atomic E-state index is 0.0917. The SMILES string of the molecule is CC1(C(=O)Nc2ccc(-c3cc(Nc4ccc(N5CCNCC5)cn4)c4c(=O)[nH]ccc4n3)c(F)c2)CCC1. The van der Waals surface area contributed by atoms with Gasteiger partial charge in [-0.05, 0) is 55.3 Å². The maximum atomic E-state index is 15.3. The number of aromatic amines is 1. The van der Waals surface area contributed by atoms with Crippen LogP contribution in [0.25, 0.3) is 22.2 Å². The molecule has 0 spiro atoms. The maximum absolute atomic E-state index is 15.3. The van der Waals surface area contributed by atoms with E-state index in [0.717, 1.165) is 51.1 Å². The largest absolute Gasteiger partial charge is 0.368 e. The van der Waals surface area contributed by atoms with E-state index in [4.69, 9.17) is 0 Å². The van der Waals surface area contributed by atoms with E-state index in [1.807, 2.05) is 19.1 Å². The van der Waals surface area contributed by atoms with Gasteiger partial charge in [0.25, 0.3) is 5.56 Å². The van der Waals surface area contributed by atoms with Crippen molar-refractivity contribution >= 4 is 39.7 Å². The number of aromatic nitrogens is 3. The molecule has 6 rings (SSSR count). The number of H-pyrrole nitrogens is 1. The minimum atomic E-state index is -0.521. The third-order valence-electron chi connectivity index (χ3n) is 7.73. The van der Waals surface area contributed by atoms with Crippen molar-refractivity contribution in [1.82, 2.24) is 20.3 Å². The second-order valence-electron chi connectivity index (χ2n) is 10.4. The van der Waals surface area contributed by atoms with Gasteiger partial charge in [-0.15, -0.1) is 0 Å². The summed E-state index contributed by atoms with van der Waals surface area (Å²) in [6, 6.07) is 11.8. The van der Waals surface area contributed by atoms with Gasteiger partial charge >= 0.3 is 0 Å². The summed E-state index contributed by atoms with van der Waals surface area (Å²) in [4.78, 5) is 39.4. The van der Waals surface area contributed by atoms with Crippen LogP contribution in [0.1, 0.15) is 26.2 Å². The van der Waals surface area contributed by atoms with Gasteiger partial charge in [0.15, 0.2) is 0 Å². The molecule has 0 atom stereocenters. The molecular formula is C29H30FN7O2. The number of anilines is 4. The molecule has 2 fully saturated rings. The van der Waals surface area contributed by atoms with E-state index in [1.165, 1.54) is 12.3 Å². The monoisotopic (exact) mass is 527 g/mol. The Bertz CT molecular complexity index is 1590. The Hall–Kier alpha value is -4.31. The van der Waals surface area contributed by atoms with Gasteiger partial charge in [0.05, 0.1) is 34.2 Å². The number of nitrogens with one attached hydrogen (secondary N) is 4. The van der Waals surface area contributed by atoms with Crippen molar-refractivity contribution in [2.24, 2.45) is 5.41 Å². The molecule has 1 aliphatic carbocycles. The second kappa shape index (κ2) is 10.1. The fourth-order valence-corrected chi connectivity index (χ4v) is 5.15. The van der Waals surface area contributed by atoms with Gasteiger partial charge in [0, 0.05) is 49.0 Å². The Labute approximate surface area is 224 Å². The Morgan fingerprint density at radius 2 is 1.92 bits per heavy atom. The molecular weight excluding hydrogens is 497 g/mol. The Morgan fingerprint density at radius 1 is 1.10 bits per heavy atom. The smallest absolute Gasteiger partial charge is 0.259 e. The third-order valence-corrected chi connectivity index (χ3v) is 7.73. The summed E-state index contributed by atoms with van der Waals surface area (Å²) in [5.41, 5.74) is 2.23. The third kappa shape index (κ3) is 4.95. The molecule has 0 bridgehead atoms. The summed E-state index contributed by atoms with van der Waals surface area (Å²) >= 11 is 0. The Kier molecular flexibility index (Phi) is 6.48. The molecule has 1 saturated carbocycles. The first-order valence-electron chi connectivity index (χ1n) is 13.2. The lowest BCUT2D eigenvalue weighted by Crippen LogP contribution is -2.43. The van der Waals surface area contributed by atoms with E-state index in [2.05, 4.69) is 35.8 Å². The molecule has 4 heterocycles. The molecule has 1 aromatic carbocycles.